The van der Waals surface area contributed by atoms with Crippen LogP contribution < -0.4 is 16.4 Å². The van der Waals surface area contributed by atoms with Crippen LogP contribution in [0, 0.1) is 5.92 Å². The average Bonchev–Trinajstić information content (AvgIpc) is 2.80. The molecule has 0 spiro atoms. The molecule has 1 amide bonds. The van der Waals surface area contributed by atoms with Crippen LogP contribution in [-0.4, -0.2) is 40.7 Å². The Labute approximate surface area is 235 Å². The number of hydrogen-bond donors (Lipinski definition) is 4. The quantitative estimate of drug-likeness (QED) is 0.238. The van der Waals surface area contributed by atoms with Gasteiger partial charge in [-0.3, -0.25) is 9.78 Å². The number of phenolic OH excluding ortho intramolecular Hbond substituents is 1. The molecule has 0 fully saturated rings. The minimum absolute atomic E-state index is 0. The molecule has 206 valence electrons. The van der Waals surface area contributed by atoms with E-state index in [4.69, 9.17) is 5.73 Å². The molecule has 0 aliphatic heterocycles. The number of nitrogens with one attached hydrogen (secondary N) is 2. The normalized spacial score (nSPS) is 12.9. The van der Waals surface area contributed by atoms with Crippen molar-refractivity contribution < 1.29 is 9.90 Å². The molecule has 0 radical (unpaired) electrons. The zero-order valence-corrected chi connectivity index (χ0v) is 24.1. The molecule has 9 heteroatoms. The molecular weight excluding hydrogens is 519 g/mol. The highest BCUT2D eigenvalue weighted by Gasteiger charge is 2.23. The van der Waals surface area contributed by atoms with Gasteiger partial charge in [0.15, 0.2) is 0 Å². The Morgan fingerprint density at radius 1 is 1.00 bits per heavy atom. The zero-order chi connectivity index (χ0) is 24.1. The maximum Gasteiger partial charge on any atom is 0.237 e. The van der Waals surface area contributed by atoms with Gasteiger partial charge in [-0.25, -0.2) is 0 Å². The summed E-state index contributed by atoms with van der Waals surface area (Å²) in [6.07, 6.45) is 10.1. The number of carbonyl (C=O) groups excluding carboxylic acids is 1. The number of carbonyl (C=O) groups is 1. The number of aryl methyl sites for hydroxylation is 1. The van der Waals surface area contributed by atoms with Crippen molar-refractivity contribution in [3.63, 3.8) is 0 Å². The van der Waals surface area contributed by atoms with E-state index in [0.29, 0.717) is 18.9 Å². The van der Waals surface area contributed by atoms with E-state index in [-0.39, 0.29) is 67.0 Å². The highest BCUT2D eigenvalue weighted by Crippen LogP contribution is 2.16. The van der Waals surface area contributed by atoms with Gasteiger partial charge < -0.3 is 21.5 Å². The van der Waals surface area contributed by atoms with Gasteiger partial charge in [0.25, 0.3) is 0 Å². The Hall–Kier alpha value is -1.57. The van der Waals surface area contributed by atoms with Gasteiger partial charge in [-0.1, -0.05) is 45.7 Å². The zero-order valence-electron chi connectivity index (χ0n) is 21.7. The monoisotopic (exact) mass is 562 g/mol. The second-order valence-electron chi connectivity index (χ2n) is 9.46. The number of nitrogens with zero attached hydrogens (tertiary/aromatic N) is 1. The largest absolute Gasteiger partial charge is 0.508 e. The molecule has 36 heavy (non-hydrogen) atoms. The third kappa shape index (κ3) is 14.9. The fourth-order valence-corrected chi connectivity index (χ4v) is 4.03. The summed E-state index contributed by atoms with van der Waals surface area (Å²) in [4.78, 5) is 17.3. The van der Waals surface area contributed by atoms with Crippen LogP contribution in [0.15, 0.2) is 48.8 Å². The number of benzene rings is 1. The Bertz CT molecular complexity index is 810. The predicted molar refractivity (Wildman–Crippen MR) is 157 cm³/mol. The lowest BCUT2D eigenvalue weighted by atomic mass is 9.95. The lowest BCUT2D eigenvalue weighted by molar-refractivity contribution is -0.123. The molecule has 5 N–H and O–H groups in total. The summed E-state index contributed by atoms with van der Waals surface area (Å²) >= 11 is 0. The molecule has 0 aliphatic carbocycles. The summed E-state index contributed by atoms with van der Waals surface area (Å²) in [5.74, 6) is 0.720. The molecule has 0 saturated heterocycles. The lowest BCUT2D eigenvalue weighted by Crippen LogP contribution is -2.51. The first-order valence-corrected chi connectivity index (χ1v) is 12.3. The number of nitrogens with two attached hydrogens (primary N) is 1. The van der Waals surface area contributed by atoms with Crippen molar-refractivity contribution in [2.75, 3.05) is 6.54 Å². The molecule has 1 aromatic carbocycles. The third-order valence-electron chi connectivity index (χ3n) is 5.88. The van der Waals surface area contributed by atoms with E-state index in [0.717, 1.165) is 44.1 Å². The third-order valence-corrected chi connectivity index (χ3v) is 5.88. The average molecular weight is 564 g/mol. The Morgan fingerprint density at radius 3 is 2.22 bits per heavy atom. The molecule has 3 atom stereocenters. The molecule has 1 heterocycles. The number of amides is 1. The molecule has 6 nitrogen and oxygen atoms in total. The number of pyridine rings is 1. The molecule has 0 unspecified atom stereocenters. The summed E-state index contributed by atoms with van der Waals surface area (Å²) in [5.41, 5.74) is 8.45. The van der Waals surface area contributed by atoms with Gasteiger partial charge in [0.05, 0.1) is 6.04 Å². The highest BCUT2D eigenvalue weighted by atomic mass is 35.5. The highest BCUT2D eigenvalue weighted by molar-refractivity contribution is 5.86. The first-order chi connectivity index (χ1) is 15.9. The number of rotatable bonds is 15. The molecule has 0 saturated carbocycles. The molecule has 2 rings (SSSR count). The van der Waals surface area contributed by atoms with Crippen LogP contribution in [0.2, 0.25) is 0 Å². The van der Waals surface area contributed by atoms with Crippen LogP contribution >= 0.6 is 37.2 Å². The number of aromatic hydroxyl groups is 1. The Balaban J connectivity index is 0. The number of hydrogen-bond acceptors (Lipinski definition) is 5. The van der Waals surface area contributed by atoms with Crippen molar-refractivity contribution >= 4 is 43.1 Å². The van der Waals surface area contributed by atoms with Gasteiger partial charge in [0, 0.05) is 31.0 Å². The number of phenols is 1. The van der Waals surface area contributed by atoms with E-state index in [9.17, 15) is 9.90 Å². The fourth-order valence-electron chi connectivity index (χ4n) is 4.03. The van der Waals surface area contributed by atoms with E-state index < -0.39 is 0 Å². The first kappa shape index (κ1) is 36.6. The van der Waals surface area contributed by atoms with Gasteiger partial charge in [-0.2, -0.15) is 0 Å². The standard InChI is InChI=1S/C27H42N4O2.3ClH/c1-4-5-6-23(28)19-30-27(33)26(18-22-8-11-25(32)12-9-22)31-24(17-20(2)3)10-7-21-13-15-29-16-14-21;;;/h8-9,11-16,20,23-24,26,31-32H,4-7,10,17-19,28H2,1-3H3,(H,30,33);3*1H/t23-,24+,26-;;;/m0.../s1. The summed E-state index contributed by atoms with van der Waals surface area (Å²) in [6.45, 7) is 7.05. The van der Waals surface area contributed by atoms with Crippen LogP contribution in [0.4, 0.5) is 0 Å². The minimum atomic E-state index is -0.367. The smallest absolute Gasteiger partial charge is 0.237 e. The van der Waals surface area contributed by atoms with Crippen molar-refractivity contribution in [3.05, 3.63) is 59.9 Å². The van der Waals surface area contributed by atoms with Crippen molar-refractivity contribution in [2.24, 2.45) is 11.7 Å². The van der Waals surface area contributed by atoms with E-state index in [1.807, 2.05) is 36.7 Å². The maximum atomic E-state index is 13.2. The van der Waals surface area contributed by atoms with Gasteiger partial charge in [-0.05, 0) is 73.4 Å². The summed E-state index contributed by atoms with van der Waals surface area (Å²) in [5, 5.41) is 16.4. The lowest BCUT2D eigenvalue weighted by Gasteiger charge is -2.27. The number of aromatic nitrogens is 1. The van der Waals surface area contributed by atoms with Crippen LogP contribution in [0.1, 0.15) is 64.0 Å². The maximum absolute atomic E-state index is 13.2. The predicted octanol–water partition coefficient (Wildman–Crippen LogP) is 5.23. The van der Waals surface area contributed by atoms with Crippen molar-refractivity contribution in [3.8, 4) is 5.75 Å². The van der Waals surface area contributed by atoms with Crippen LogP contribution in [0.5, 0.6) is 5.75 Å². The molecule has 1 aromatic heterocycles. The summed E-state index contributed by atoms with van der Waals surface area (Å²) in [6, 6.07) is 11.0. The SMILES string of the molecule is CCCC[C@H](N)CNC(=O)[C@H](Cc1ccc(O)cc1)N[C@H](CCc1ccncc1)CC(C)C.Cl.Cl.Cl. The topological polar surface area (TPSA) is 100 Å². The molecule has 0 aliphatic rings. The van der Waals surface area contributed by atoms with Gasteiger partial charge in [-0.15, -0.1) is 37.2 Å². The summed E-state index contributed by atoms with van der Waals surface area (Å²) in [7, 11) is 0. The Morgan fingerprint density at radius 2 is 1.64 bits per heavy atom. The Kier molecular flexibility index (Phi) is 20.8. The first-order valence-electron chi connectivity index (χ1n) is 12.3. The molecule has 2 aromatic rings. The number of halogens is 3. The van der Waals surface area contributed by atoms with Gasteiger partial charge >= 0.3 is 0 Å². The second kappa shape index (κ2) is 20.5. The fraction of sp³-hybridized carbons (Fsp3) is 0.556. The van der Waals surface area contributed by atoms with Crippen molar-refractivity contribution in [1.82, 2.24) is 15.6 Å². The van der Waals surface area contributed by atoms with Crippen LogP contribution in [0.25, 0.3) is 0 Å². The van der Waals surface area contributed by atoms with E-state index in [1.165, 1.54) is 5.56 Å². The second-order valence-corrected chi connectivity index (χ2v) is 9.46. The number of unbranched alkanes of at least 4 members (excludes halogenated alkanes) is 1. The van der Waals surface area contributed by atoms with Crippen molar-refractivity contribution in [1.29, 1.82) is 0 Å². The van der Waals surface area contributed by atoms with Gasteiger partial charge in [0.2, 0.25) is 5.91 Å². The van der Waals surface area contributed by atoms with E-state index >= 15 is 0 Å². The van der Waals surface area contributed by atoms with E-state index in [2.05, 4.69) is 36.4 Å². The summed E-state index contributed by atoms with van der Waals surface area (Å²) < 4.78 is 0. The van der Waals surface area contributed by atoms with Crippen molar-refractivity contribution in [2.45, 2.75) is 83.8 Å². The van der Waals surface area contributed by atoms with Gasteiger partial charge in [0.1, 0.15) is 5.75 Å². The van der Waals surface area contributed by atoms with E-state index in [1.54, 1.807) is 12.1 Å². The van der Waals surface area contributed by atoms with Crippen LogP contribution in [-0.2, 0) is 17.6 Å². The molecular formula is C27H45Cl3N4O2. The van der Waals surface area contributed by atoms with Crippen LogP contribution in [0.3, 0.4) is 0 Å². The molecule has 0 bridgehead atoms. The minimum Gasteiger partial charge on any atom is -0.508 e.